The third kappa shape index (κ3) is 8.50. The van der Waals surface area contributed by atoms with E-state index in [2.05, 4.69) is 318 Å². The summed E-state index contributed by atoms with van der Waals surface area (Å²) in [6.07, 6.45) is 0. The van der Waals surface area contributed by atoms with Crippen molar-refractivity contribution in [2.24, 2.45) is 0 Å². The Balaban J connectivity index is 1.14. The van der Waals surface area contributed by atoms with E-state index in [0.29, 0.717) is 0 Å². The van der Waals surface area contributed by atoms with Crippen LogP contribution in [0.5, 0.6) is 0 Å². The van der Waals surface area contributed by atoms with Crippen LogP contribution in [0.15, 0.2) is 206 Å². The Kier molecular flexibility index (Phi) is 12.1. The van der Waals surface area contributed by atoms with Crippen LogP contribution in [0.4, 0.5) is 45.5 Å². The molecule has 0 spiro atoms. The van der Waals surface area contributed by atoms with Crippen molar-refractivity contribution in [2.45, 2.75) is 124 Å². The van der Waals surface area contributed by atoms with Crippen LogP contribution in [0.1, 0.15) is 130 Å². The minimum absolute atomic E-state index is 0.0127. The number of nitrogens with zero attached hydrogens (tertiary/aromatic N) is 3. The average Bonchev–Trinajstić information content (AvgIpc) is 1.49. The number of benzene rings is 10. The topological polar surface area (TPSA) is 9.72 Å². The Morgan fingerprint density at radius 2 is 0.952 bits per heavy atom. The molecular weight excluding hydrogens is 1030 g/mol. The maximum absolute atomic E-state index is 2.75. The Morgan fingerprint density at radius 3 is 1.58 bits per heavy atom. The largest absolute Gasteiger partial charge is 0.376 e. The highest BCUT2D eigenvalue weighted by molar-refractivity contribution is 7.26. The Morgan fingerprint density at radius 1 is 0.405 bits per heavy atom. The summed E-state index contributed by atoms with van der Waals surface area (Å²) in [6.45, 7) is 32.5. The van der Waals surface area contributed by atoms with E-state index in [9.17, 15) is 0 Å². The summed E-state index contributed by atoms with van der Waals surface area (Å²) in [6, 6.07) is 80.0. The van der Waals surface area contributed by atoms with Crippen LogP contribution >= 0.6 is 11.3 Å². The van der Waals surface area contributed by atoms with Gasteiger partial charge in [-0.15, -0.1) is 11.3 Å². The van der Waals surface area contributed by atoms with Gasteiger partial charge in [0.1, 0.15) is 0 Å². The first-order valence-electron chi connectivity index (χ1n) is 30.3. The molecule has 0 amide bonds. The fourth-order valence-corrected chi connectivity index (χ4v) is 15.2. The third-order valence-electron chi connectivity index (χ3n) is 18.7. The molecule has 0 fully saturated rings. The van der Waals surface area contributed by atoms with Crippen molar-refractivity contribution in [3.8, 4) is 33.4 Å². The Bertz CT molecular complexity index is 4370. The van der Waals surface area contributed by atoms with Crippen molar-refractivity contribution >= 4 is 94.8 Å². The molecule has 84 heavy (non-hydrogen) atoms. The van der Waals surface area contributed by atoms with Gasteiger partial charge in [0.25, 0.3) is 0 Å². The van der Waals surface area contributed by atoms with Crippen molar-refractivity contribution < 1.29 is 0 Å². The van der Waals surface area contributed by atoms with Gasteiger partial charge in [-0.1, -0.05) is 218 Å². The van der Waals surface area contributed by atoms with E-state index in [1.54, 1.807) is 0 Å². The van der Waals surface area contributed by atoms with Crippen molar-refractivity contribution in [3.63, 3.8) is 0 Å². The van der Waals surface area contributed by atoms with Crippen LogP contribution in [0.2, 0.25) is 0 Å². The standard InChI is InChI=1S/C79H76BN3S/c1-75(2,3)50-28-35-54(36-29-50)81(55-37-30-51(31-38-55)76(4,5)6)57-41-42-59-63-48-62-58-24-18-20-26-64(58)79(13,14)71(62)74-72(63)80(83(67(59)47-57)56-39-32-52(33-40-56)77(7,8)9)73-66(44-45-69-70(73)60-25-19-21-27-68(60)84-69)82(74)65-43-34-53(78(10,11)12)46-61(65)49-22-16-15-17-23-49/h15-48H,1-14H3. The van der Waals surface area contributed by atoms with Gasteiger partial charge < -0.3 is 14.6 Å². The fourth-order valence-electron chi connectivity index (χ4n) is 14.1. The average molecular weight is 1110 g/mol. The second-order valence-electron chi connectivity index (χ2n) is 28.6. The predicted molar refractivity (Wildman–Crippen MR) is 366 cm³/mol. The van der Waals surface area contributed by atoms with E-state index in [4.69, 9.17) is 0 Å². The fraction of sp³-hybridized carbons (Fsp3) is 0.241. The zero-order valence-electron chi connectivity index (χ0n) is 51.5. The summed E-state index contributed by atoms with van der Waals surface area (Å²) < 4.78 is 2.60. The van der Waals surface area contributed by atoms with Gasteiger partial charge in [0, 0.05) is 65.8 Å². The molecule has 0 saturated carbocycles. The van der Waals surface area contributed by atoms with Gasteiger partial charge in [-0.2, -0.15) is 0 Å². The highest BCUT2D eigenvalue weighted by atomic mass is 32.1. The monoisotopic (exact) mass is 1110 g/mol. The second-order valence-corrected chi connectivity index (χ2v) is 29.7. The molecule has 14 rings (SSSR count). The first-order valence-corrected chi connectivity index (χ1v) is 31.1. The van der Waals surface area contributed by atoms with Crippen LogP contribution in [0.25, 0.3) is 53.6 Å². The quantitative estimate of drug-likeness (QED) is 0.154. The number of hydrogen-bond donors (Lipinski definition) is 0. The zero-order valence-corrected chi connectivity index (χ0v) is 52.3. The van der Waals surface area contributed by atoms with Crippen LogP contribution in [0.3, 0.4) is 0 Å². The van der Waals surface area contributed by atoms with Crippen LogP contribution < -0.4 is 25.5 Å². The molecule has 1 aromatic heterocycles. The van der Waals surface area contributed by atoms with Crippen LogP contribution in [0, 0.1) is 0 Å². The van der Waals surface area contributed by atoms with Gasteiger partial charge in [-0.05, 0) is 184 Å². The summed E-state index contributed by atoms with van der Waals surface area (Å²) in [7, 11) is 0. The lowest BCUT2D eigenvalue weighted by molar-refractivity contribution is 0.590. The third-order valence-corrected chi connectivity index (χ3v) is 19.8. The van der Waals surface area contributed by atoms with Crippen LogP contribution in [-0.4, -0.2) is 6.85 Å². The van der Waals surface area contributed by atoms with Crippen molar-refractivity contribution in [1.82, 2.24) is 0 Å². The number of rotatable bonds is 6. The van der Waals surface area contributed by atoms with E-state index < -0.39 is 0 Å². The van der Waals surface area contributed by atoms with Gasteiger partial charge >= 0.3 is 6.85 Å². The molecule has 0 atom stereocenters. The Labute approximate surface area is 503 Å². The zero-order chi connectivity index (χ0) is 58.6. The molecule has 3 nitrogen and oxygen atoms in total. The van der Waals surface area contributed by atoms with Crippen molar-refractivity contribution in [1.29, 1.82) is 0 Å². The molecule has 416 valence electrons. The van der Waals surface area contributed by atoms with Crippen molar-refractivity contribution in [2.75, 3.05) is 14.6 Å². The molecule has 11 aromatic rings. The lowest BCUT2D eigenvalue weighted by Gasteiger charge is -2.48. The van der Waals surface area contributed by atoms with E-state index in [0.717, 1.165) is 22.7 Å². The molecule has 0 radical (unpaired) electrons. The van der Waals surface area contributed by atoms with E-state index >= 15 is 0 Å². The van der Waals surface area contributed by atoms with Gasteiger partial charge in [0.05, 0.1) is 5.69 Å². The summed E-state index contributed by atoms with van der Waals surface area (Å²) in [4.78, 5) is 7.98. The molecule has 2 aliphatic heterocycles. The minimum atomic E-state index is -0.344. The molecule has 0 saturated heterocycles. The number of fused-ring (bicyclic) bond motifs is 12. The summed E-state index contributed by atoms with van der Waals surface area (Å²) in [5, 5.41) is 2.62. The van der Waals surface area contributed by atoms with Gasteiger partial charge in [0.2, 0.25) is 0 Å². The minimum Gasteiger partial charge on any atom is -0.376 e. The molecule has 5 heteroatoms. The first-order chi connectivity index (χ1) is 40.0. The summed E-state index contributed by atoms with van der Waals surface area (Å²) in [5.41, 5.74) is 27.2. The van der Waals surface area contributed by atoms with Gasteiger partial charge in [-0.25, -0.2) is 0 Å². The maximum atomic E-state index is 2.75. The second kappa shape index (κ2) is 18.9. The number of anilines is 8. The molecule has 1 aliphatic carbocycles. The predicted octanol–water partition coefficient (Wildman–Crippen LogP) is 21.4. The summed E-state index contributed by atoms with van der Waals surface area (Å²) in [5.74, 6) is 0. The first kappa shape index (κ1) is 53.9. The van der Waals surface area contributed by atoms with E-state index in [1.807, 2.05) is 11.3 Å². The molecule has 10 aromatic carbocycles. The number of hydrogen-bond acceptors (Lipinski definition) is 4. The maximum Gasteiger partial charge on any atom is 0.333 e. The smallest absolute Gasteiger partial charge is 0.333 e. The molecule has 3 aliphatic rings. The molecule has 3 heterocycles. The number of thiophene rings is 1. The molecule has 0 bridgehead atoms. The highest BCUT2D eigenvalue weighted by Gasteiger charge is 2.51. The van der Waals surface area contributed by atoms with Gasteiger partial charge in [-0.3, -0.25) is 0 Å². The Hall–Kier alpha value is -8.12. The normalized spacial score (nSPS) is 14.3. The SMILES string of the molecule is CC(C)(C)c1ccc(N2B3c4c(cc5c(c4N(c4ccc(C(C)(C)C)cc4-c4ccccc4)c4ccc6sc7ccccc7c6c43)C(C)(C)c3ccccc3-5)-c3ccc(N(c4ccc(C(C)(C)C)cc4)c4ccc(C(C)(C)C)cc4)cc32)cc1. The van der Waals surface area contributed by atoms with E-state index in [-0.39, 0.29) is 33.9 Å². The molecule has 0 N–H and O–H groups in total. The summed E-state index contributed by atoms with van der Waals surface area (Å²) >= 11 is 1.91. The lowest BCUT2D eigenvalue weighted by Crippen LogP contribution is -2.62. The van der Waals surface area contributed by atoms with Crippen molar-refractivity contribution in [3.05, 3.63) is 240 Å². The van der Waals surface area contributed by atoms with Gasteiger partial charge in [0.15, 0.2) is 0 Å². The van der Waals surface area contributed by atoms with Crippen LogP contribution in [-0.2, 0) is 27.1 Å². The highest BCUT2D eigenvalue weighted by Crippen LogP contribution is 2.60. The molecular formula is C79H76BN3S. The van der Waals surface area contributed by atoms with E-state index in [1.165, 1.54) is 121 Å². The lowest BCUT2D eigenvalue weighted by atomic mass is 9.42. The molecule has 0 unspecified atom stereocenters.